The summed E-state index contributed by atoms with van der Waals surface area (Å²) in [7, 11) is 3.21. The molecule has 2 N–H and O–H groups in total. The number of hydrogen-bond acceptors (Lipinski definition) is 5. The Bertz CT molecular complexity index is 1270. The van der Waals surface area contributed by atoms with E-state index in [1.54, 1.807) is 49.0 Å². The number of carbonyl (C=O) groups is 3. The lowest BCUT2D eigenvalue weighted by atomic mass is 10.2. The largest absolute Gasteiger partial charge is 0.495 e. The summed E-state index contributed by atoms with van der Waals surface area (Å²) >= 11 is 0. The molecule has 1 aromatic carbocycles. The molecule has 0 aliphatic carbocycles. The quantitative estimate of drug-likeness (QED) is 0.446. The number of nitrogens with zero attached hydrogens (tertiary/aromatic N) is 4. The molecule has 4 rings (SSSR count). The lowest BCUT2D eigenvalue weighted by Gasteiger charge is -2.20. The van der Waals surface area contributed by atoms with Gasteiger partial charge < -0.3 is 20.3 Å². The van der Waals surface area contributed by atoms with Gasteiger partial charge in [-0.3, -0.25) is 18.9 Å². The first kappa shape index (κ1) is 25.0. The van der Waals surface area contributed by atoms with Gasteiger partial charge in [-0.2, -0.15) is 0 Å². The average Bonchev–Trinajstić information content (AvgIpc) is 3.48. The van der Waals surface area contributed by atoms with Gasteiger partial charge in [0.2, 0.25) is 5.91 Å². The summed E-state index contributed by atoms with van der Waals surface area (Å²) < 4.78 is 7.10. The van der Waals surface area contributed by atoms with E-state index in [-0.39, 0.29) is 17.8 Å². The van der Waals surface area contributed by atoms with E-state index in [4.69, 9.17) is 4.74 Å². The topological polar surface area (TPSA) is 108 Å². The zero-order chi connectivity index (χ0) is 25.7. The number of para-hydroxylation sites is 2. The Kier molecular flexibility index (Phi) is 7.72. The van der Waals surface area contributed by atoms with E-state index in [1.807, 2.05) is 24.0 Å². The normalized spacial score (nSPS) is 13.2. The Morgan fingerprint density at radius 3 is 2.72 bits per heavy atom. The van der Waals surface area contributed by atoms with Crippen molar-refractivity contribution in [3.05, 3.63) is 53.9 Å². The van der Waals surface area contributed by atoms with Gasteiger partial charge in [-0.25, -0.2) is 9.78 Å². The number of aryl methyl sites for hydroxylation is 1. The molecular formula is C26H32N6O4. The minimum Gasteiger partial charge on any atom is -0.495 e. The molecule has 0 saturated carbocycles. The summed E-state index contributed by atoms with van der Waals surface area (Å²) in [6, 6.07) is 10.3. The van der Waals surface area contributed by atoms with Crippen LogP contribution in [0.25, 0.3) is 5.65 Å². The Morgan fingerprint density at radius 1 is 1.19 bits per heavy atom. The molecule has 3 aromatic rings. The Hall–Kier alpha value is -4.08. The summed E-state index contributed by atoms with van der Waals surface area (Å²) in [6.45, 7) is 3.88. The molecule has 36 heavy (non-hydrogen) atoms. The molecule has 10 heteroatoms. The SMILES string of the molecule is CCc1nc2ccc(C(=O)NCCCN3CCCC3=O)cn2c1N(C)C(=O)Nc1ccccc1OC. The second-order valence-electron chi connectivity index (χ2n) is 8.66. The molecule has 3 heterocycles. The molecule has 10 nitrogen and oxygen atoms in total. The van der Waals surface area contributed by atoms with Crippen LogP contribution in [0.2, 0.25) is 0 Å². The number of rotatable bonds is 9. The molecular weight excluding hydrogens is 460 g/mol. The van der Waals surface area contributed by atoms with Crippen LogP contribution in [0, 0.1) is 0 Å². The standard InChI is InChI=1S/C26H32N6O4/c1-4-19-25(30(2)26(35)29-20-9-5-6-10-21(20)36-3)32-17-18(12-13-22(32)28-19)24(34)27-14-8-16-31-15-7-11-23(31)33/h5-6,9-10,12-13,17H,4,7-8,11,14-16H2,1-3H3,(H,27,34)(H,29,35). The average molecular weight is 493 g/mol. The zero-order valence-electron chi connectivity index (χ0n) is 20.9. The third-order valence-corrected chi connectivity index (χ3v) is 6.29. The first-order chi connectivity index (χ1) is 17.4. The van der Waals surface area contributed by atoms with Gasteiger partial charge >= 0.3 is 6.03 Å². The molecule has 1 fully saturated rings. The first-order valence-corrected chi connectivity index (χ1v) is 12.2. The van der Waals surface area contributed by atoms with Gasteiger partial charge in [-0.15, -0.1) is 0 Å². The number of urea groups is 1. The monoisotopic (exact) mass is 492 g/mol. The molecule has 0 radical (unpaired) electrons. The summed E-state index contributed by atoms with van der Waals surface area (Å²) in [5.41, 5.74) is 2.39. The van der Waals surface area contributed by atoms with Crippen molar-refractivity contribution in [1.82, 2.24) is 19.6 Å². The minimum absolute atomic E-state index is 0.185. The number of likely N-dealkylation sites (tertiary alicyclic amines) is 1. The molecule has 1 saturated heterocycles. The van der Waals surface area contributed by atoms with Crippen LogP contribution in [0.3, 0.4) is 0 Å². The molecule has 2 aromatic heterocycles. The van der Waals surface area contributed by atoms with Crippen molar-refractivity contribution in [2.45, 2.75) is 32.6 Å². The molecule has 0 unspecified atom stereocenters. The molecule has 1 aliphatic rings. The second kappa shape index (κ2) is 11.1. The highest BCUT2D eigenvalue weighted by Crippen LogP contribution is 2.27. The van der Waals surface area contributed by atoms with E-state index >= 15 is 0 Å². The smallest absolute Gasteiger partial charge is 0.327 e. The Morgan fingerprint density at radius 2 is 2.00 bits per heavy atom. The third-order valence-electron chi connectivity index (χ3n) is 6.29. The van der Waals surface area contributed by atoms with E-state index in [1.165, 1.54) is 4.90 Å². The van der Waals surface area contributed by atoms with Crippen molar-refractivity contribution in [1.29, 1.82) is 0 Å². The molecule has 0 bridgehead atoms. The molecule has 1 aliphatic heterocycles. The van der Waals surface area contributed by atoms with Crippen LogP contribution >= 0.6 is 0 Å². The maximum Gasteiger partial charge on any atom is 0.327 e. The minimum atomic E-state index is -0.359. The van der Waals surface area contributed by atoms with E-state index in [9.17, 15) is 14.4 Å². The van der Waals surface area contributed by atoms with Crippen molar-refractivity contribution < 1.29 is 19.1 Å². The van der Waals surface area contributed by atoms with Crippen LogP contribution in [-0.4, -0.2) is 65.9 Å². The fraction of sp³-hybridized carbons (Fsp3) is 0.385. The first-order valence-electron chi connectivity index (χ1n) is 12.2. The predicted octanol–water partition coefficient (Wildman–Crippen LogP) is 3.32. The van der Waals surface area contributed by atoms with Gasteiger partial charge in [0.15, 0.2) is 0 Å². The molecule has 0 spiro atoms. The zero-order valence-corrected chi connectivity index (χ0v) is 20.9. The number of methoxy groups -OCH3 is 1. The highest BCUT2D eigenvalue weighted by atomic mass is 16.5. The van der Waals surface area contributed by atoms with Crippen molar-refractivity contribution >= 4 is 35.0 Å². The number of carbonyl (C=O) groups excluding carboxylic acids is 3. The highest BCUT2D eigenvalue weighted by molar-refractivity contribution is 6.02. The van der Waals surface area contributed by atoms with E-state index in [0.29, 0.717) is 60.8 Å². The maximum atomic E-state index is 13.1. The van der Waals surface area contributed by atoms with Gasteiger partial charge in [-0.05, 0) is 43.5 Å². The van der Waals surface area contributed by atoms with Crippen LogP contribution in [-0.2, 0) is 11.2 Å². The summed E-state index contributed by atoms with van der Waals surface area (Å²) in [5, 5.41) is 5.80. The fourth-order valence-corrected chi connectivity index (χ4v) is 4.37. The van der Waals surface area contributed by atoms with Crippen molar-refractivity contribution in [2.75, 3.05) is 44.0 Å². The molecule has 4 amide bonds. The van der Waals surface area contributed by atoms with E-state index in [2.05, 4.69) is 15.6 Å². The van der Waals surface area contributed by atoms with Gasteiger partial charge in [0.1, 0.15) is 17.2 Å². The van der Waals surface area contributed by atoms with E-state index < -0.39 is 0 Å². The lowest BCUT2D eigenvalue weighted by molar-refractivity contribution is -0.127. The number of nitrogens with one attached hydrogen (secondary N) is 2. The van der Waals surface area contributed by atoms with E-state index in [0.717, 1.165) is 18.7 Å². The third kappa shape index (κ3) is 5.27. The number of anilines is 2. The molecule has 0 atom stereocenters. The number of ether oxygens (including phenoxy) is 1. The fourth-order valence-electron chi connectivity index (χ4n) is 4.37. The van der Waals surface area contributed by atoms with Gasteiger partial charge in [0.05, 0.1) is 24.1 Å². The number of aromatic nitrogens is 2. The summed E-state index contributed by atoms with van der Waals surface area (Å²) in [5.74, 6) is 1.11. The van der Waals surface area contributed by atoms with Crippen molar-refractivity contribution in [2.24, 2.45) is 0 Å². The van der Waals surface area contributed by atoms with Gasteiger partial charge in [0.25, 0.3) is 5.91 Å². The Labute approximate surface area is 210 Å². The number of amides is 4. The van der Waals surface area contributed by atoms with Crippen LogP contribution in [0.15, 0.2) is 42.6 Å². The number of hydrogen-bond donors (Lipinski definition) is 2. The van der Waals surface area contributed by atoms with Crippen LogP contribution in [0.1, 0.15) is 42.2 Å². The number of pyridine rings is 1. The summed E-state index contributed by atoms with van der Waals surface area (Å²) in [6.07, 6.45) is 4.53. The molecule has 190 valence electrons. The van der Waals surface area contributed by atoms with Crippen LogP contribution in [0.5, 0.6) is 5.75 Å². The van der Waals surface area contributed by atoms with Crippen molar-refractivity contribution in [3.8, 4) is 5.75 Å². The van der Waals surface area contributed by atoms with Gasteiger partial charge in [0, 0.05) is 39.3 Å². The number of fused-ring (bicyclic) bond motifs is 1. The number of benzene rings is 1. The lowest BCUT2D eigenvalue weighted by Crippen LogP contribution is -2.33. The summed E-state index contributed by atoms with van der Waals surface area (Å²) in [4.78, 5) is 45.7. The predicted molar refractivity (Wildman–Crippen MR) is 138 cm³/mol. The number of imidazole rings is 1. The highest BCUT2D eigenvalue weighted by Gasteiger charge is 2.22. The van der Waals surface area contributed by atoms with Crippen LogP contribution < -0.4 is 20.3 Å². The van der Waals surface area contributed by atoms with Gasteiger partial charge in [-0.1, -0.05) is 19.1 Å². The second-order valence-corrected chi connectivity index (χ2v) is 8.66. The van der Waals surface area contributed by atoms with Crippen molar-refractivity contribution in [3.63, 3.8) is 0 Å². The van der Waals surface area contributed by atoms with Crippen LogP contribution in [0.4, 0.5) is 16.3 Å². The maximum absolute atomic E-state index is 13.1. The Balaban J connectivity index is 1.49.